The Labute approximate surface area is 111 Å². The van der Waals surface area contributed by atoms with Crippen LogP contribution < -0.4 is 4.90 Å². The van der Waals surface area contributed by atoms with E-state index in [2.05, 4.69) is 38.8 Å². The summed E-state index contributed by atoms with van der Waals surface area (Å²) in [5.74, 6) is 0.940. The van der Waals surface area contributed by atoms with Crippen LogP contribution >= 0.6 is 11.6 Å². The molecule has 0 bridgehead atoms. The lowest BCUT2D eigenvalue weighted by Gasteiger charge is -2.21. The molecule has 6 heteroatoms. The quantitative estimate of drug-likeness (QED) is 0.841. The van der Waals surface area contributed by atoms with Crippen LogP contribution in [0.2, 0.25) is 5.28 Å². The Morgan fingerprint density at radius 1 is 1.44 bits per heavy atom. The van der Waals surface area contributed by atoms with Crippen molar-refractivity contribution in [3.63, 3.8) is 0 Å². The Bertz CT molecular complexity index is 565. The second kappa shape index (κ2) is 4.40. The fraction of sp³-hybridized carbons (Fsp3) is 0.500. The van der Waals surface area contributed by atoms with E-state index in [1.165, 1.54) is 0 Å². The minimum absolute atomic E-state index is 0.299. The van der Waals surface area contributed by atoms with Crippen molar-refractivity contribution in [2.75, 3.05) is 32.1 Å². The second-order valence-electron chi connectivity index (χ2n) is 4.91. The summed E-state index contributed by atoms with van der Waals surface area (Å²) in [6.07, 6.45) is 3.03. The maximum Gasteiger partial charge on any atom is 0.226 e. The largest absolute Gasteiger partial charge is 0.354 e. The molecule has 1 N–H and O–H groups in total. The monoisotopic (exact) mass is 265 g/mol. The molecule has 0 radical (unpaired) electrons. The average molecular weight is 266 g/mol. The maximum atomic E-state index is 5.98. The highest BCUT2D eigenvalue weighted by molar-refractivity contribution is 6.28. The van der Waals surface area contributed by atoms with Crippen molar-refractivity contribution in [2.45, 2.75) is 12.5 Å². The van der Waals surface area contributed by atoms with Crippen LogP contribution in [0.3, 0.4) is 0 Å². The Kier molecular flexibility index (Phi) is 2.87. The Morgan fingerprint density at radius 2 is 2.28 bits per heavy atom. The molecule has 3 heterocycles. The Hall–Kier alpha value is -1.33. The van der Waals surface area contributed by atoms with Gasteiger partial charge in [0.05, 0.1) is 5.39 Å². The first kappa shape index (κ1) is 11.7. The maximum absolute atomic E-state index is 5.98. The molecule has 1 atom stereocenters. The van der Waals surface area contributed by atoms with Gasteiger partial charge < -0.3 is 14.8 Å². The standard InChI is InChI=1S/C12H16ClN5/c1-17(2)8-4-6-18(7-8)11-9-3-5-14-10(9)15-12(13)16-11/h3,5,8H,4,6-7H2,1-2H3,(H,14,15,16)/t8-/m1/s1. The average Bonchev–Trinajstić information content (AvgIpc) is 2.95. The Morgan fingerprint density at radius 3 is 3.00 bits per heavy atom. The summed E-state index contributed by atoms with van der Waals surface area (Å²) in [5, 5.41) is 1.34. The number of likely N-dealkylation sites (N-methyl/N-ethyl adjacent to an activating group) is 1. The molecule has 5 nitrogen and oxygen atoms in total. The number of aromatic nitrogens is 3. The molecule has 96 valence electrons. The van der Waals surface area contributed by atoms with Crippen molar-refractivity contribution >= 4 is 28.5 Å². The third-order valence-electron chi connectivity index (χ3n) is 3.56. The summed E-state index contributed by atoms with van der Waals surface area (Å²) in [4.78, 5) is 16.2. The summed E-state index contributed by atoms with van der Waals surface area (Å²) in [7, 11) is 4.24. The minimum Gasteiger partial charge on any atom is -0.354 e. The van der Waals surface area contributed by atoms with E-state index in [0.29, 0.717) is 11.3 Å². The zero-order valence-electron chi connectivity index (χ0n) is 10.5. The molecule has 1 aliphatic rings. The number of aromatic amines is 1. The fourth-order valence-electron chi connectivity index (χ4n) is 2.50. The van der Waals surface area contributed by atoms with Crippen LogP contribution in [-0.4, -0.2) is 53.1 Å². The molecule has 1 fully saturated rings. The van der Waals surface area contributed by atoms with Gasteiger partial charge in [0.15, 0.2) is 0 Å². The normalized spacial score (nSPS) is 20.2. The second-order valence-corrected chi connectivity index (χ2v) is 5.25. The SMILES string of the molecule is CN(C)[C@@H]1CCN(c2nc(Cl)nc3[nH]ccc23)C1. The Balaban J connectivity index is 1.97. The zero-order chi connectivity index (χ0) is 12.7. The van der Waals surface area contributed by atoms with E-state index in [-0.39, 0.29) is 0 Å². The van der Waals surface area contributed by atoms with Gasteiger partial charge in [-0.1, -0.05) is 0 Å². The number of halogens is 1. The van der Waals surface area contributed by atoms with Gasteiger partial charge in [-0.3, -0.25) is 0 Å². The van der Waals surface area contributed by atoms with Crippen molar-refractivity contribution in [1.29, 1.82) is 0 Å². The van der Waals surface area contributed by atoms with Crippen LogP contribution in [0.5, 0.6) is 0 Å². The molecular formula is C12H16ClN5. The van der Waals surface area contributed by atoms with Crippen LogP contribution in [0.15, 0.2) is 12.3 Å². The molecule has 1 aliphatic heterocycles. The first-order chi connectivity index (χ1) is 8.65. The van der Waals surface area contributed by atoms with Gasteiger partial charge in [0, 0.05) is 25.3 Å². The predicted octanol–water partition coefficient (Wildman–Crippen LogP) is 1.75. The number of nitrogens with zero attached hydrogens (tertiary/aromatic N) is 4. The molecule has 1 saturated heterocycles. The van der Waals surface area contributed by atoms with E-state index in [1.807, 2.05) is 12.3 Å². The molecule has 0 unspecified atom stereocenters. The molecule has 18 heavy (non-hydrogen) atoms. The van der Waals surface area contributed by atoms with Gasteiger partial charge in [-0.25, -0.2) is 0 Å². The summed E-state index contributed by atoms with van der Waals surface area (Å²) in [6.45, 7) is 2.00. The van der Waals surface area contributed by atoms with Crippen molar-refractivity contribution in [1.82, 2.24) is 19.9 Å². The first-order valence-corrected chi connectivity index (χ1v) is 6.45. The number of fused-ring (bicyclic) bond motifs is 1. The van der Waals surface area contributed by atoms with E-state index in [1.54, 1.807) is 0 Å². The fourth-order valence-corrected chi connectivity index (χ4v) is 2.66. The molecule has 0 amide bonds. The highest BCUT2D eigenvalue weighted by Gasteiger charge is 2.26. The third-order valence-corrected chi connectivity index (χ3v) is 3.73. The van der Waals surface area contributed by atoms with Gasteiger partial charge in [0.1, 0.15) is 11.5 Å². The van der Waals surface area contributed by atoms with E-state index in [4.69, 9.17) is 11.6 Å². The highest BCUT2D eigenvalue weighted by atomic mass is 35.5. The lowest BCUT2D eigenvalue weighted by molar-refractivity contribution is 0.315. The number of hydrogen-bond donors (Lipinski definition) is 1. The molecule has 0 spiro atoms. The number of nitrogens with one attached hydrogen (secondary N) is 1. The number of hydrogen-bond acceptors (Lipinski definition) is 4. The zero-order valence-corrected chi connectivity index (χ0v) is 11.3. The van der Waals surface area contributed by atoms with E-state index in [0.717, 1.165) is 36.4 Å². The van der Waals surface area contributed by atoms with Crippen molar-refractivity contribution < 1.29 is 0 Å². The molecule has 0 saturated carbocycles. The molecule has 2 aromatic rings. The first-order valence-electron chi connectivity index (χ1n) is 6.07. The van der Waals surface area contributed by atoms with Crippen LogP contribution in [-0.2, 0) is 0 Å². The topological polar surface area (TPSA) is 48.1 Å². The van der Waals surface area contributed by atoms with E-state index < -0.39 is 0 Å². The van der Waals surface area contributed by atoms with Crippen molar-refractivity contribution in [3.8, 4) is 0 Å². The van der Waals surface area contributed by atoms with Crippen LogP contribution in [0.1, 0.15) is 6.42 Å². The van der Waals surface area contributed by atoms with E-state index >= 15 is 0 Å². The molecule has 0 aliphatic carbocycles. The van der Waals surface area contributed by atoms with Crippen LogP contribution in [0.4, 0.5) is 5.82 Å². The van der Waals surface area contributed by atoms with Gasteiger partial charge in [-0.05, 0) is 38.2 Å². The smallest absolute Gasteiger partial charge is 0.226 e. The molecular weight excluding hydrogens is 250 g/mol. The number of anilines is 1. The van der Waals surface area contributed by atoms with Crippen LogP contribution in [0.25, 0.3) is 11.0 Å². The molecule has 3 rings (SSSR count). The van der Waals surface area contributed by atoms with E-state index in [9.17, 15) is 0 Å². The molecule has 0 aromatic carbocycles. The minimum atomic E-state index is 0.299. The van der Waals surface area contributed by atoms with Gasteiger partial charge in [-0.2, -0.15) is 9.97 Å². The van der Waals surface area contributed by atoms with Gasteiger partial charge >= 0.3 is 0 Å². The van der Waals surface area contributed by atoms with Gasteiger partial charge in [-0.15, -0.1) is 0 Å². The number of H-pyrrole nitrogens is 1. The predicted molar refractivity (Wildman–Crippen MR) is 73.2 cm³/mol. The van der Waals surface area contributed by atoms with Crippen molar-refractivity contribution in [2.24, 2.45) is 0 Å². The third kappa shape index (κ3) is 1.93. The molecule has 2 aromatic heterocycles. The summed E-state index contributed by atoms with van der Waals surface area (Å²) in [6, 6.07) is 2.58. The lowest BCUT2D eigenvalue weighted by Crippen LogP contribution is -2.31. The number of rotatable bonds is 2. The highest BCUT2D eigenvalue weighted by Crippen LogP contribution is 2.28. The summed E-state index contributed by atoms with van der Waals surface area (Å²) < 4.78 is 0. The lowest BCUT2D eigenvalue weighted by atomic mass is 10.2. The van der Waals surface area contributed by atoms with Crippen LogP contribution in [0, 0.1) is 0 Å². The van der Waals surface area contributed by atoms with Crippen molar-refractivity contribution in [3.05, 3.63) is 17.5 Å². The van der Waals surface area contributed by atoms with Gasteiger partial charge in [0.25, 0.3) is 0 Å². The van der Waals surface area contributed by atoms with Gasteiger partial charge in [0.2, 0.25) is 5.28 Å². The summed E-state index contributed by atoms with van der Waals surface area (Å²) >= 11 is 5.98. The summed E-state index contributed by atoms with van der Waals surface area (Å²) in [5.41, 5.74) is 0.804.